The minimum absolute atomic E-state index is 0.0216. The van der Waals surface area contributed by atoms with Crippen LogP contribution in [0.25, 0.3) is 5.70 Å². The summed E-state index contributed by atoms with van der Waals surface area (Å²) >= 11 is 5.78. The van der Waals surface area contributed by atoms with Crippen molar-refractivity contribution in [3.05, 3.63) is 69.4 Å². The second kappa shape index (κ2) is 8.75. The van der Waals surface area contributed by atoms with E-state index in [-0.39, 0.29) is 38.7 Å². The van der Waals surface area contributed by atoms with E-state index in [1.807, 2.05) is 0 Å². The van der Waals surface area contributed by atoms with E-state index in [2.05, 4.69) is 0 Å². The lowest BCUT2D eigenvalue weighted by Gasteiger charge is -2.31. The fraction of sp³-hybridized carbons (Fsp3) is 0.250. The van der Waals surface area contributed by atoms with Crippen molar-refractivity contribution in [2.45, 2.75) is 31.9 Å². The maximum atomic E-state index is 14.4. The SMILES string of the molecule is Cc1cc(C(F)(C(F)(F)F)C(F)(F)F)cc(C)c1C(N)=CN(N)c1ccc(Cl)c(C(=O)O)c1. The molecule has 0 bridgehead atoms. The number of hydrazine groups is 1. The van der Waals surface area contributed by atoms with E-state index >= 15 is 0 Å². The highest BCUT2D eigenvalue weighted by molar-refractivity contribution is 6.33. The number of aryl methyl sites for hydroxylation is 2. The van der Waals surface area contributed by atoms with E-state index in [9.17, 15) is 35.5 Å². The highest BCUT2D eigenvalue weighted by Crippen LogP contribution is 2.53. The van der Waals surface area contributed by atoms with Crippen molar-refractivity contribution in [3.63, 3.8) is 0 Å². The minimum Gasteiger partial charge on any atom is -0.478 e. The summed E-state index contributed by atoms with van der Waals surface area (Å²) in [4.78, 5) is 11.2. The molecule has 5 nitrogen and oxygen atoms in total. The Morgan fingerprint density at radius 1 is 1.00 bits per heavy atom. The summed E-state index contributed by atoms with van der Waals surface area (Å²) in [7, 11) is 0. The average molecular weight is 500 g/mol. The van der Waals surface area contributed by atoms with Gasteiger partial charge in [-0.3, -0.25) is 5.01 Å². The fourth-order valence-corrected chi connectivity index (χ4v) is 3.43. The molecule has 0 saturated carbocycles. The molecule has 0 fully saturated rings. The molecule has 180 valence electrons. The van der Waals surface area contributed by atoms with Gasteiger partial charge in [-0.25, -0.2) is 15.0 Å². The number of anilines is 1. The molecule has 13 heteroatoms. The zero-order valence-corrected chi connectivity index (χ0v) is 17.7. The Labute approximate surface area is 188 Å². The van der Waals surface area contributed by atoms with Gasteiger partial charge >= 0.3 is 24.0 Å². The molecule has 0 aromatic heterocycles. The lowest BCUT2D eigenvalue weighted by atomic mass is 9.88. The Morgan fingerprint density at radius 2 is 1.48 bits per heavy atom. The van der Waals surface area contributed by atoms with Crippen LogP contribution < -0.4 is 16.6 Å². The van der Waals surface area contributed by atoms with Gasteiger partial charge in [-0.05, 0) is 43.2 Å². The Balaban J connectivity index is 2.55. The lowest BCUT2D eigenvalue weighted by Crippen LogP contribution is -2.50. The van der Waals surface area contributed by atoms with E-state index in [4.69, 9.17) is 28.3 Å². The summed E-state index contributed by atoms with van der Waals surface area (Å²) in [6, 6.07) is 4.56. The van der Waals surface area contributed by atoms with Crippen LogP contribution in [0.15, 0.2) is 36.5 Å². The first-order valence-electron chi connectivity index (χ1n) is 8.90. The van der Waals surface area contributed by atoms with Crippen LogP contribution in [0.1, 0.15) is 32.6 Å². The molecule has 0 aliphatic carbocycles. The van der Waals surface area contributed by atoms with E-state index in [1.54, 1.807) is 0 Å². The number of nitrogens with zero attached hydrogens (tertiary/aromatic N) is 1. The molecular weight excluding hydrogens is 483 g/mol. The van der Waals surface area contributed by atoms with Crippen LogP contribution in [0, 0.1) is 13.8 Å². The normalized spacial score (nSPS) is 13.2. The number of carboxylic acids is 1. The van der Waals surface area contributed by atoms with E-state index in [0.29, 0.717) is 12.1 Å². The molecule has 0 amide bonds. The van der Waals surface area contributed by atoms with Crippen LogP contribution in [0.2, 0.25) is 5.02 Å². The summed E-state index contributed by atoms with van der Waals surface area (Å²) in [5.41, 5.74) is -1.94. The topological polar surface area (TPSA) is 92.6 Å². The molecule has 0 aliphatic rings. The van der Waals surface area contributed by atoms with Gasteiger partial charge in [0, 0.05) is 17.3 Å². The average Bonchev–Trinajstić information content (AvgIpc) is 2.64. The first-order chi connectivity index (χ1) is 14.9. The molecule has 0 saturated heterocycles. The second-order valence-corrected chi connectivity index (χ2v) is 7.51. The van der Waals surface area contributed by atoms with Crippen molar-refractivity contribution in [2.24, 2.45) is 11.6 Å². The molecule has 0 radical (unpaired) electrons. The quantitative estimate of drug-likeness (QED) is 0.284. The zero-order valence-electron chi connectivity index (χ0n) is 16.9. The monoisotopic (exact) mass is 499 g/mol. The van der Waals surface area contributed by atoms with Crippen LogP contribution in [0.5, 0.6) is 0 Å². The molecule has 5 N–H and O–H groups in total. The van der Waals surface area contributed by atoms with Crippen LogP contribution >= 0.6 is 11.6 Å². The van der Waals surface area contributed by atoms with Crippen molar-refractivity contribution in [3.8, 4) is 0 Å². The predicted molar refractivity (Wildman–Crippen MR) is 108 cm³/mol. The summed E-state index contributed by atoms with van der Waals surface area (Å²) in [5, 5.41) is 9.95. The molecule has 2 rings (SSSR count). The number of nitrogens with two attached hydrogens (primary N) is 2. The number of rotatable bonds is 5. The largest absolute Gasteiger partial charge is 0.478 e. The number of carbonyl (C=O) groups is 1. The highest BCUT2D eigenvalue weighted by Gasteiger charge is 2.73. The molecule has 0 aliphatic heterocycles. The number of halogens is 8. The predicted octanol–water partition coefficient (Wildman–Crippen LogP) is 5.58. The van der Waals surface area contributed by atoms with Crippen LogP contribution in [-0.4, -0.2) is 23.4 Å². The Morgan fingerprint density at radius 3 is 1.91 bits per heavy atom. The van der Waals surface area contributed by atoms with Crippen molar-refractivity contribution in [1.82, 2.24) is 0 Å². The minimum atomic E-state index is -6.25. The van der Waals surface area contributed by atoms with Gasteiger partial charge in [-0.1, -0.05) is 23.7 Å². The van der Waals surface area contributed by atoms with Gasteiger partial charge in [0.25, 0.3) is 0 Å². The van der Waals surface area contributed by atoms with Crippen molar-refractivity contribution in [1.29, 1.82) is 0 Å². The van der Waals surface area contributed by atoms with Crippen LogP contribution in [-0.2, 0) is 5.67 Å². The van der Waals surface area contributed by atoms with Gasteiger partial charge in [-0.15, -0.1) is 0 Å². The lowest BCUT2D eigenvalue weighted by molar-refractivity contribution is -0.348. The maximum absolute atomic E-state index is 14.4. The number of carboxylic acid groups (broad SMARTS) is 1. The third-order valence-electron chi connectivity index (χ3n) is 4.76. The molecule has 0 spiro atoms. The Hall–Kier alpha value is -2.99. The van der Waals surface area contributed by atoms with Crippen molar-refractivity contribution < 1.29 is 40.6 Å². The Kier molecular flexibility index (Phi) is 6.96. The number of hydrogen-bond donors (Lipinski definition) is 3. The van der Waals surface area contributed by atoms with E-state index in [1.165, 1.54) is 12.1 Å². The number of alkyl halides is 7. The molecular formula is C20H17ClF7N3O2. The van der Waals surface area contributed by atoms with E-state index in [0.717, 1.165) is 31.1 Å². The third-order valence-corrected chi connectivity index (χ3v) is 5.09. The highest BCUT2D eigenvalue weighted by atomic mass is 35.5. The first-order valence-corrected chi connectivity index (χ1v) is 9.28. The van der Waals surface area contributed by atoms with Gasteiger partial charge in [0.05, 0.1) is 22.0 Å². The number of hydrogen-bond acceptors (Lipinski definition) is 4. The molecule has 0 atom stereocenters. The molecule has 33 heavy (non-hydrogen) atoms. The third kappa shape index (κ3) is 4.86. The molecule has 2 aromatic carbocycles. The van der Waals surface area contributed by atoms with E-state index < -0.39 is 29.6 Å². The van der Waals surface area contributed by atoms with Crippen LogP contribution in [0.3, 0.4) is 0 Å². The number of aromatic carboxylic acids is 1. The summed E-state index contributed by atoms with van der Waals surface area (Å²) in [6.07, 6.45) is -11.4. The van der Waals surface area contributed by atoms with Gasteiger partial charge < -0.3 is 10.8 Å². The number of benzene rings is 2. The zero-order chi connectivity index (χ0) is 25.5. The first kappa shape index (κ1) is 26.3. The molecule has 0 unspecified atom stereocenters. The van der Waals surface area contributed by atoms with Crippen molar-refractivity contribution in [2.75, 3.05) is 5.01 Å². The smallest absolute Gasteiger partial charge is 0.435 e. The molecule has 0 heterocycles. The van der Waals surface area contributed by atoms with Crippen molar-refractivity contribution >= 4 is 29.0 Å². The van der Waals surface area contributed by atoms with Gasteiger partial charge in [-0.2, -0.15) is 26.3 Å². The summed E-state index contributed by atoms with van der Waals surface area (Å²) < 4.78 is 92.9. The standard InChI is InChI=1S/C20H17ClF7N3O2/c1-9-5-11(18(22,19(23,24)25)20(26,27)28)6-10(2)16(9)15(29)8-31(30)12-3-4-14(21)13(7-12)17(32)33/h3-8H,29-30H2,1-2H3,(H,32,33). The van der Waals surface area contributed by atoms with Gasteiger partial charge in [0.15, 0.2) is 0 Å². The molecule has 2 aromatic rings. The maximum Gasteiger partial charge on any atom is 0.435 e. The Bertz CT molecular complexity index is 1080. The summed E-state index contributed by atoms with van der Waals surface area (Å²) in [5.74, 6) is 4.51. The van der Waals surface area contributed by atoms with Gasteiger partial charge in [0.2, 0.25) is 0 Å². The van der Waals surface area contributed by atoms with Gasteiger partial charge in [0.1, 0.15) is 0 Å². The van der Waals surface area contributed by atoms with Crippen LogP contribution in [0.4, 0.5) is 36.4 Å². The second-order valence-electron chi connectivity index (χ2n) is 7.10. The summed E-state index contributed by atoms with van der Waals surface area (Å²) in [6.45, 7) is 2.32. The fourth-order valence-electron chi connectivity index (χ4n) is 3.23.